The number of para-hydroxylation sites is 4. The third-order valence-electron chi connectivity index (χ3n) is 4.77. The van der Waals surface area contributed by atoms with Crippen molar-refractivity contribution < 1.29 is 8.83 Å². The minimum absolute atomic E-state index is 0.822. The first-order valence-corrected chi connectivity index (χ1v) is 11.2. The van der Waals surface area contributed by atoms with Crippen LogP contribution in [0.4, 0.5) is 17.1 Å². The minimum Gasteiger partial charge on any atom is -0.463 e. The lowest BCUT2D eigenvalue weighted by Gasteiger charge is -2.02. The smallest absolute Gasteiger partial charge is 0.136 e. The molecule has 6 aromatic rings. The lowest BCUT2D eigenvalue weighted by molar-refractivity contribution is 0.614. The summed E-state index contributed by atoms with van der Waals surface area (Å²) in [5, 5.41) is 5.56. The lowest BCUT2D eigenvalue weighted by Crippen LogP contribution is -1.87. The quantitative estimate of drug-likeness (QED) is 0.234. The lowest BCUT2D eigenvalue weighted by atomic mass is 10.2. The molecule has 0 atom stereocenters. The number of halogens is 1. The van der Waals surface area contributed by atoms with Crippen LogP contribution in [0.3, 0.4) is 0 Å². The van der Waals surface area contributed by atoms with Crippen LogP contribution in [0.15, 0.2) is 135 Å². The fourth-order valence-electron chi connectivity index (χ4n) is 3.15. The fraction of sp³-hybridized carbons (Fsp3) is 0. The molecule has 164 valence electrons. The first kappa shape index (κ1) is 22.2. The normalized spacial score (nSPS) is 10.1. The van der Waals surface area contributed by atoms with E-state index in [0.717, 1.165) is 43.5 Å². The number of rotatable bonds is 2. The third kappa shape index (κ3) is 6.05. The van der Waals surface area contributed by atoms with Gasteiger partial charge in [-0.3, -0.25) is 0 Å². The number of benzene rings is 4. The van der Waals surface area contributed by atoms with Gasteiger partial charge in [0.1, 0.15) is 23.7 Å². The molecule has 0 bridgehead atoms. The number of furan rings is 2. The van der Waals surface area contributed by atoms with Gasteiger partial charge >= 0.3 is 0 Å². The second-order valence-electron chi connectivity index (χ2n) is 7.13. The average Bonchev–Trinajstić information content (AvgIpc) is 3.45. The van der Waals surface area contributed by atoms with Crippen LogP contribution in [-0.2, 0) is 0 Å². The molecule has 0 radical (unpaired) electrons. The van der Waals surface area contributed by atoms with Crippen LogP contribution in [-0.4, -0.2) is 0 Å². The van der Waals surface area contributed by atoms with E-state index in [1.807, 2.05) is 109 Å². The number of hydrogen-bond donors (Lipinski definition) is 2. The first-order chi connectivity index (χ1) is 16.2. The van der Waals surface area contributed by atoms with E-state index in [0.29, 0.717) is 0 Å². The molecule has 2 heterocycles. The van der Waals surface area contributed by atoms with E-state index in [9.17, 15) is 0 Å². The highest BCUT2D eigenvalue weighted by molar-refractivity contribution is 9.10. The van der Waals surface area contributed by atoms with E-state index in [1.54, 1.807) is 12.5 Å². The fourth-order valence-corrected chi connectivity index (χ4v) is 3.57. The molecule has 0 saturated heterocycles. The van der Waals surface area contributed by atoms with Crippen LogP contribution in [0.5, 0.6) is 0 Å². The maximum atomic E-state index is 5.46. The summed E-state index contributed by atoms with van der Waals surface area (Å²) in [5.74, 6) is 0. The third-order valence-corrected chi connectivity index (χ3v) is 5.38. The Morgan fingerprint density at radius 3 is 1.70 bits per heavy atom. The predicted octanol–water partition coefficient (Wildman–Crippen LogP) is 8.64. The maximum Gasteiger partial charge on any atom is 0.136 e. The van der Waals surface area contributed by atoms with Crippen molar-refractivity contribution in [2.24, 2.45) is 0 Å². The van der Waals surface area contributed by atoms with Gasteiger partial charge in [-0.05, 0) is 64.5 Å². The molecule has 0 saturated carbocycles. The van der Waals surface area contributed by atoms with Crippen molar-refractivity contribution in [2.45, 2.75) is 0 Å². The number of anilines is 3. The van der Waals surface area contributed by atoms with Gasteiger partial charge in [-0.15, -0.1) is 0 Å². The summed E-state index contributed by atoms with van der Waals surface area (Å²) >= 11 is 3.37. The molecule has 0 spiro atoms. The van der Waals surface area contributed by atoms with Crippen molar-refractivity contribution >= 4 is 54.9 Å². The largest absolute Gasteiger partial charge is 0.463 e. The van der Waals surface area contributed by atoms with Gasteiger partial charge in [0, 0.05) is 22.1 Å². The zero-order valence-corrected chi connectivity index (χ0v) is 19.4. The summed E-state index contributed by atoms with van der Waals surface area (Å²) in [7, 11) is 0. The maximum absolute atomic E-state index is 5.46. The van der Waals surface area contributed by atoms with Gasteiger partial charge in [0.05, 0.1) is 10.2 Å². The molecule has 6 rings (SSSR count). The van der Waals surface area contributed by atoms with Crippen molar-refractivity contribution in [3.8, 4) is 0 Å². The Balaban J connectivity index is 0.000000130. The molecule has 4 nitrogen and oxygen atoms in total. The van der Waals surface area contributed by atoms with E-state index < -0.39 is 0 Å². The van der Waals surface area contributed by atoms with E-state index in [-0.39, 0.29) is 0 Å². The van der Waals surface area contributed by atoms with Gasteiger partial charge < -0.3 is 19.9 Å². The Bertz CT molecular complexity index is 1410. The SMILES string of the molecule is Brc1coc2ccccc12.Nc1ccccc1.c1ccc(Nc2coc3ccccc23)cc1. The van der Waals surface area contributed by atoms with Crippen molar-refractivity contribution in [1.29, 1.82) is 0 Å². The molecular formula is C28H23BrN2O2. The summed E-state index contributed by atoms with van der Waals surface area (Å²) in [5.41, 5.74) is 10.1. The number of hydrogen-bond acceptors (Lipinski definition) is 4. The molecule has 33 heavy (non-hydrogen) atoms. The molecule has 5 heteroatoms. The second-order valence-corrected chi connectivity index (χ2v) is 7.98. The number of nitrogen functional groups attached to an aromatic ring is 1. The van der Waals surface area contributed by atoms with Crippen LogP contribution >= 0.6 is 15.9 Å². The summed E-state index contributed by atoms with van der Waals surface area (Å²) in [4.78, 5) is 0. The molecule has 0 aliphatic rings. The topological polar surface area (TPSA) is 64.3 Å². The van der Waals surface area contributed by atoms with Gasteiger partial charge in [0.15, 0.2) is 0 Å². The van der Waals surface area contributed by atoms with Crippen LogP contribution in [0.25, 0.3) is 21.9 Å². The summed E-state index contributed by atoms with van der Waals surface area (Å²) in [6, 6.07) is 35.4. The molecule has 0 aliphatic carbocycles. The Morgan fingerprint density at radius 1 is 0.576 bits per heavy atom. The predicted molar refractivity (Wildman–Crippen MR) is 141 cm³/mol. The Morgan fingerprint density at radius 2 is 1.09 bits per heavy atom. The highest BCUT2D eigenvalue weighted by atomic mass is 79.9. The standard InChI is InChI=1S/C14H11NO.C8H5BrO.C6H7N/c1-2-6-11(7-3-1)15-13-10-16-14-9-5-4-8-12(13)14;9-7-5-10-8-4-2-1-3-6(7)8;7-6-4-2-1-3-5-6/h1-10,15H;1-5H;1-5H,7H2. The molecule has 0 fully saturated rings. The number of nitrogens with one attached hydrogen (secondary N) is 1. The van der Waals surface area contributed by atoms with Crippen LogP contribution < -0.4 is 11.1 Å². The Hall–Kier alpha value is -3.96. The van der Waals surface area contributed by atoms with E-state index in [4.69, 9.17) is 14.6 Å². The van der Waals surface area contributed by atoms with E-state index >= 15 is 0 Å². The minimum atomic E-state index is 0.822. The summed E-state index contributed by atoms with van der Waals surface area (Å²) in [6.07, 6.45) is 3.45. The average molecular weight is 499 g/mol. The highest BCUT2D eigenvalue weighted by Crippen LogP contribution is 2.28. The van der Waals surface area contributed by atoms with Gasteiger partial charge in [0.2, 0.25) is 0 Å². The summed E-state index contributed by atoms with van der Waals surface area (Å²) < 4.78 is 11.7. The zero-order chi connectivity index (χ0) is 22.9. The highest BCUT2D eigenvalue weighted by Gasteiger charge is 2.04. The molecule has 3 N–H and O–H groups in total. The van der Waals surface area contributed by atoms with Gasteiger partial charge in [-0.1, -0.05) is 60.7 Å². The molecule has 2 aromatic heterocycles. The van der Waals surface area contributed by atoms with Gasteiger partial charge in [-0.25, -0.2) is 0 Å². The zero-order valence-electron chi connectivity index (χ0n) is 17.8. The van der Waals surface area contributed by atoms with Crippen molar-refractivity contribution in [2.75, 3.05) is 11.1 Å². The van der Waals surface area contributed by atoms with Crippen molar-refractivity contribution in [3.05, 3.63) is 126 Å². The molecule has 0 unspecified atom stereocenters. The van der Waals surface area contributed by atoms with Crippen LogP contribution in [0, 0.1) is 0 Å². The van der Waals surface area contributed by atoms with Crippen LogP contribution in [0.2, 0.25) is 0 Å². The van der Waals surface area contributed by atoms with Gasteiger partial charge in [-0.2, -0.15) is 0 Å². The molecule has 0 aliphatic heterocycles. The molecular weight excluding hydrogens is 476 g/mol. The van der Waals surface area contributed by atoms with E-state index in [2.05, 4.69) is 21.2 Å². The first-order valence-electron chi connectivity index (χ1n) is 10.4. The monoisotopic (exact) mass is 498 g/mol. The molecule has 4 aromatic carbocycles. The van der Waals surface area contributed by atoms with Crippen LogP contribution in [0.1, 0.15) is 0 Å². The Kier molecular flexibility index (Phi) is 7.46. The van der Waals surface area contributed by atoms with Gasteiger partial charge in [0.25, 0.3) is 0 Å². The van der Waals surface area contributed by atoms with E-state index in [1.165, 1.54) is 0 Å². The number of nitrogens with two attached hydrogens (primary N) is 1. The van der Waals surface area contributed by atoms with Crippen molar-refractivity contribution in [1.82, 2.24) is 0 Å². The second kappa shape index (κ2) is 11.1. The number of fused-ring (bicyclic) bond motifs is 2. The molecule has 0 amide bonds. The van der Waals surface area contributed by atoms with Crippen molar-refractivity contribution in [3.63, 3.8) is 0 Å². The summed E-state index contributed by atoms with van der Waals surface area (Å²) in [6.45, 7) is 0. The Labute approximate surface area is 200 Å².